The number of benzene rings is 1. The SMILES string of the molecule is O=C(Cc1ccc(-n2cccn2)cc1)NC1CCCNC1. The highest BCUT2D eigenvalue weighted by atomic mass is 16.1. The Labute approximate surface area is 124 Å². The molecule has 21 heavy (non-hydrogen) atoms. The van der Waals surface area contributed by atoms with E-state index in [9.17, 15) is 4.79 Å². The van der Waals surface area contributed by atoms with E-state index in [0.29, 0.717) is 6.42 Å². The number of aromatic nitrogens is 2. The van der Waals surface area contributed by atoms with Crippen molar-refractivity contribution in [2.45, 2.75) is 25.3 Å². The van der Waals surface area contributed by atoms with Crippen molar-refractivity contribution < 1.29 is 4.79 Å². The van der Waals surface area contributed by atoms with E-state index in [1.165, 1.54) is 0 Å². The van der Waals surface area contributed by atoms with Gasteiger partial charge in [0.05, 0.1) is 12.1 Å². The number of hydrogen-bond acceptors (Lipinski definition) is 3. The number of amides is 1. The van der Waals surface area contributed by atoms with Gasteiger partial charge in [-0.1, -0.05) is 12.1 Å². The quantitative estimate of drug-likeness (QED) is 0.889. The number of hydrogen-bond donors (Lipinski definition) is 2. The number of carbonyl (C=O) groups excluding carboxylic acids is 1. The molecule has 1 aromatic heterocycles. The van der Waals surface area contributed by atoms with E-state index in [0.717, 1.165) is 37.2 Å². The molecule has 1 amide bonds. The summed E-state index contributed by atoms with van der Waals surface area (Å²) in [5.74, 6) is 0.0931. The van der Waals surface area contributed by atoms with Gasteiger partial charge >= 0.3 is 0 Å². The van der Waals surface area contributed by atoms with E-state index in [1.54, 1.807) is 10.9 Å². The lowest BCUT2D eigenvalue weighted by Crippen LogP contribution is -2.46. The molecular formula is C16H20N4O. The van der Waals surface area contributed by atoms with E-state index in [4.69, 9.17) is 0 Å². The molecule has 5 nitrogen and oxygen atoms in total. The summed E-state index contributed by atoms with van der Waals surface area (Å²) in [5.41, 5.74) is 2.02. The number of nitrogens with one attached hydrogen (secondary N) is 2. The molecule has 0 aliphatic carbocycles. The summed E-state index contributed by atoms with van der Waals surface area (Å²) < 4.78 is 1.80. The van der Waals surface area contributed by atoms with Gasteiger partial charge in [0, 0.05) is 25.0 Å². The third-order valence-corrected chi connectivity index (χ3v) is 3.73. The van der Waals surface area contributed by atoms with Crippen molar-refractivity contribution >= 4 is 5.91 Å². The highest BCUT2D eigenvalue weighted by Gasteiger charge is 2.15. The number of rotatable bonds is 4. The third-order valence-electron chi connectivity index (χ3n) is 3.73. The number of nitrogens with zero attached hydrogens (tertiary/aromatic N) is 2. The first-order valence-electron chi connectivity index (χ1n) is 7.40. The normalized spacial score (nSPS) is 18.4. The van der Waals surface area contributed by atoms with Crippen molar-refractivity contribution in [3.8, 4) is 5.69 Å². The molecule has 1 fully saturated rings. The molecule has 1 unspecified atom stereocenters. The molecule has 2 N–H and O–H groups in total. The number of piperidine rings is 1. The minimum atomic E-state index is 0.0931. The minimum absolute atomic E-state index is 0.0931. The molecule has 1 aliphatic rings. The van der Waals surface area contributed by atoms with E-state index in [2.05, 4.69) is 15.7 Å². The van der Waals surface area contributed by atoms with Crippen LogP contribution in [0, 0.1) is 0 Å². The molecule has 5 heteroatoms. The Balaban J connectivity index is 1.56. The van der Waals surface area contributed by atoms with E-state index in [1.807, 2.05) is 36.5 Å². The molecule has 0 saturated carbocycles. The molecule has 2 heterocycles. The van der Waals surface area contributed by atoms with Gasteiger partial charge in [-0.2, -0.15) is 5.10 Å². The summed E-state index contributed by atoms with van der Waals surface area (Å²) in [4.78, 5) is 12.0. The summed E-state index contributed by atoms with van der Waals surface area (Å²) in [6.45, 7) is 1.94. The van der Waals surface area contributed by atoms with Crippen molar-refractivity contribution in [1.29, 1.82) is 0 Å². The average Bonchev–Trinajstić information content (AvgIpc) is 3.03. The summed E-state index contributed by atoms with van der Waals surface area (Å²) in [5, 5.41) is 10.6. The van der Waals surface area contributed by atoms with Gasteiger partial charge in [-0.15, -0.1) is 0 Å². The zero-order chi connectivity index (χ0) is 14.5. The molecule has 3 rings (SSSR count). The van der Waals surface area contributed by atoms with E-state index in [-0.39, 0.29) is 11.9 Å². The highest BCUT2D eigenvalue weighted by molar-refractivity contribution is 5.79. The van der Waals surface area contributed by atoms with Crippen molar-refractivity contribution in [2.24, 2.45) is 0 Å². The Morgan fingerprint density at radius 3 is 2.90 bits per heavy atom. The molecule has 1 atom stereocenters. The van der Waals surface area contributed by atoms with Crippen molar-refractivity contribution in [2.75, 3.05) is 13.1 Å². The molecule has 0 bridgehead atoms. The summed E-state index contributed by atoms with van der Waals surface area (Å²) in [6, 6.07) is 10.1. The van der Waals surface area contributed by atoms with Gasteiger partial charge in [0.2, 0.25) is 5.91 Å². The van der Waals surface area contributed by atoms with Gasteiger partial charge in [-0.3, -0.25) is 4.79 Å². The lowest BCUT2D eigenvalue weighted by Gasteiger charge is -2.23. The lowest BCUT2D eigenvalue weighted by molar-refractivity contribution is -0.121. The predicted molar refractivity (Wildman–Crippen MR) is 81.3 cm³/mol. The summed E-state index contributed by atoms with van der Waals surface area (Å²) >= 11 is 0. The first kappa shape index (κ1) is 13.8. The van der Waals surface area contributed by atoms with Crippen LogP contribution in [-0.4, -0.2) is 34.8 Å². The fourth-order valence-corrected chi connectivity index (χ4v) is 2.63. The minimum Gasteiger partial charge on any atom is -0.352 e. The molecule has 0 spiro atoms. The largest absolute Gasteiger partial charge is 0.352 e. The molecule has 110 valence electrons. The second-order valence-electron chi connectivity index (χ2n) is 5.40. The fraction of sp³-hybridized carbons (Fsp3) is 0.375. The smallest absolute Gasteiger partial charge is 0.224 e. The first-order chi connectivity index (χ1) is 10.3. The molecule has 1 aromatic carbocycles. The van der Waals surface area contributed by atoms with Crippen LogP contribution < -0.4 is 10.6 Å². The molecule has 0 radical (unpaired) electrons. The van der Waals surface area contributed by atoms with Gasteiger partial charge < -0.3 is 10.6 Å². The maximum atomic E-state index is 12.0. The van der Waals surface area contributed by atoms with Crippen LogP contribution in [0.5, 0.6) is 0 Å². The Morgan fingerprint density at radius 1 is 1.38 bits per heavy atom. The van der Waals surface area contributed by atoms with Crippen LogP contribution >= 0.6 is 0 Å². The van der Waals surface area contributed by atoms with Gasteiger partial charge in [0.15, 0.2) is 0 Å². The van der Waals surface area contributed by atoms with E-state index < -0.39 is 0 Å². The van der Waals surface area contributed by atoms with Gasteiger partial charge in [0.25, 0.3) is 0 Å². The van der Waals surface area contributed by atoms with Crippen LogP contribution in [0.1, 0.15) is 18.4 Å². The van der Waals surface area contributed by atoms with Crippen LogP contribution in [0.3, 0.4) is 0 Å². The predicted octanol–water partition coefficient (Wildman–Crippen LogP) is 1.28. The Bertz CT molecular complexity index is 571. The Hall–Kier alpha value is -2.14. The third kappa shape index (κ3) is 3.70. The maximum absolute atomic E-state index is 12.0. The lowest BCUT2D eigenvalue weighted by atomic mass is 10.1. The summed E-state index contributed by atoms with van der Waals surface area (Å²) in [6.07, 6.45) is 6.27. The Morgan fingerprint density at radius 2 is 2.24 bits per heavy atom. The van der Waals surface area contributed by atoms with Gasteiger partial charge in [0.1, 0.15) is 0 Å². The zero-order valence-electron chi connectivity index (χ0n) is 12.0. The van der Waals surface area contributed by atoms with Crippen molar-refractivity contribution in [3.05, 3.63) is 48.3 Å². The maximum Gasteiger partial charge on any atom is 0.224 e. The first-order valence-corrected chi connectivity index (χ1v) is 7.40. The average molecular weight is 284 g/mol. The van der Waals surface area contributed by atoms with Gasteiger partial charge in [-0.25, -0.2) is 4.68 Å². The second-order valence-corrected chi connectivity index (χ2v) is 5.40. The standard InChI is InChI=1S/C16H20N4O/c21-16(19-14-3-1-8-17-12-14)11-13-4-6-15(7-5-13)20-10-2-9-18-20/h2,4-7,9-10,14,17H,1,3,8,11-12H2,(H,19,21). The molecule has 2 aromatic rings. The highest BCUT2D eigenvalue weighted by Crippen LogP contribution is 2.09. The Kier molecular flexibility index (Phi) is 4.31. The molecule has 1 saturated heterocycles. The molecule has 1 aliphatic heterocycles. The van der Waals surface area contributed by atoms with Gasteiger partial charge in [-0.05, 0) is 43.1 Å². The van der Waals surface area contributed by atoms with Crippen LogP contribution in [0.2, 0.25) is 0 Å². The van der Waals surface area contributed by atoms with Crippen LogP contribution in [0.25, 0.3) is 5.69 Å². The van der Waals surface area contributed by atoms with Crippen LogP contribution in [-0.2, 0) is 11.2 Å². The molecular weight excluding hydrogens is 264 g/mol. The van der Waals surface area contributed by atoms with Crippen molar-refractivity contribution in [1.82, 2.24) is 20.4 Å². The second kappa shape index (κ2) is 6.54. The van der Waals surface area contributed by atoms with Crippen LogP contribution in [0.4, 0.5) is 0 Å². The zero-order valence-corrected chi connectivity index (χ0v) is 12.0. The monoisotopic (exact) mass is 284 g/mol. The van der Waals surface area contributed by atoms with Crippen molar-refractivity contribution in [3.63, 3.8) is 0 Å². The van der Waals surface area contributed by atoms with Crippen LogP contribution in [0.15, 0.2) is 42.7 Å². The number of carbonyl (C=O) groups is 1. The topological polar surface area (TPSA) is 59.0 Å². The summed E-state index contributed by atoms with van der Waals surface area (Å²) in [7, 11) is 0. The fourth-order valence-electron chi connectivity index (χ4n) is 2.63. The van der Waals surface area contributed by atoms with E-state index >= 15 is 0 Å².